The molecule has 0 aromatic rings. The number of carbonyl (C=O) groups is 3. The van der Waals surface area contributed by atoms with E-state index in [0.717, 1.165) is 32.4 Å². The van der Waals surface area contributed by atoms with Gasteiger partial charge in [0.2, 0.25) is 17.7 Å². The van der Waals surface area contributed by atoms with Gasteiger partial charge in [-0.05, 0) is 25.7 Å². The van der Waals surface area contributed by atoms with E-state index in [0.29, 0.717) is 6.54 Å². The molecule has 6 nitrogen and oxygen atoms in total. The van der Waals surface area contributed by atoms with Crippen LogP contribution in [0.15, 0.2) is 0 Å². The molecule has 2 fully saturated rings. The fraction of sp³-hybridized carbons (Fsp3) is 0.786. The van der Waals surface area contributed by atoms with Gasteiger partial charge in [-0.2, -0.15) is 0 Å². The Labute approximate surface area is 119 Å². The number of carbonyl (C=O) groups excluding carboxylic acids is 3. The Hall–Kier alpha value is -1.43. The maximum Gasteiger partial charge on any atom is 0.246 e. The molecule has 2 aliphatic heterocycles. The molecule has 2 heterocycles. The number of hydrogen-bond acceptors (Lipinski definition) is 4. The number of hydrogen-bond donors (Lipinski definition) is 1. The van der Waals surface area contributed by atoms with E-state index in [4.69, 9.17) is 0 Å². The van der Waals surface area contributed by atoms with Crippen molar-refractivity contribution in [2.24, 2.45) is 0 Å². The van der Waals surface area contributed by atoms with Gasteiger partial charge in [-0.15, -0.1) is 0 Å². The first-order valence-corrected chi connectivity index (χ1v) is 7.49. The summed E-state index contributed by atoms with van der Waals surface area (Å²) in [6.07, 6.45) is 4.22. The molecule has 2 rings (SSSR count). The highest BCUT2D eigenvalue weighted by atomic mass is 16.2. The molecule has 0 aliphatic carbocycles. The van der Waals surface area contributed by atoms with E-state index in [2.05, 4.69) is 5.32 Å². The second kappa shape index (κ2) is 6.83. The molecule has 3 amide bonds. The summed E-state index contributed by atoms with van der Waals surface area (Å²) >= 11 is 0. The molecule has 1 atom stereocenters. The van der Waals surface area contributed by atoms with Crippen molar-refractivity contribution in [2.75, 3.05) is 26.2 Å². The lowest BCUT2D eigenvalue weighted by Crippen LogP contribution is -2.46. The van der Waals surface area contributed by atoms with Gasteiger partial charge in [0.25, 0.3) is 0 Å². The van der Waals surface area contributed by atoms with Crippen molar-refractivity contribution in [1.82, 2.24) is 15.1 Å². The van der Waals surface area contributed by atoms with Gasteiger partial charge in [0.1, 0.15) is 0 Å². The molecule has 2 saturated heterocycles. The molecule has 0 radical (unpaired) electrons. The third kappa shape index (κ3) is 3.36. The van der Waals surface area contributed by atoms with Crippen LogP contribution in [0, 0.1) is 0 Å². The number of imide groups is 1. The first-order valence-electron chi connectivity index (χ1n) is 7.49. The zero-order valence-corrected chi connectivity index (χ0v) is 12.1. The highest BCUT2D eigenvalue weighted by molar-refractivity contribution is 6.05. The summed E-state index contributed by atoms with van der Waals surface area (Å²) in [6.45, 7) is 4.15. The Balaban J connectivity index is 1.80. The van der Waals surface area contributed by atoms with E-state index in [9.17, 15) is 14.4 Å². The summed E-state index contributed by atoms with van der Waals surface area (Å²) < 4.78 is 0. The fourth-order valence-electron chi connectivity index (χ4n) is 2.77. The standard InChI is InChI=1S/C14H23N3O3/c1-2-6-17-12(18)9-11(14(17)20)15-10-13(19)16-7-4-3-5-8-16/h11,15H,2-10H2,1H3. The van der Waals surface area contributed by atoms with E-state index in [1.807, 2.05) is 11.8 Å². The summed E-state index contributed by atoms with van der Waals surface area (Å²) in [4.78, 5) is 38.8. The van der Waals surface area contributed by atoms with Crippen molar-refractivity contribution in [3.63, 3.8) is 0 Å². The third-order valence-corrected chi connectivity index (χ3v) is 3.90. The number of nitrogens with zero attached hydrogens (tertiary/aromatic N) is 2. The molecular formula is C14H23N3O3. The quantitative estimate of drug-likeness (QED) is 0.727. The van der Waals surface area contributed by atoms with Gasteiger partial charge >= 0.3 is 0 Å². The molecule has 0 aromatic carbocycles. The Bertz CT molecular complexity index is 391. The molecule has 0 spiro atoms. The SMILES string of the molecule is CCCN1C(=O)CC(NCC(=O)N2CCCCC2)C1=O. The van der Waals surface area contributed by atoms with Gasteiger partial charge in [-0.1, -0.05) is 6.92 Å². The number of likely N-dealkylation sites (tertiary alicyclic amines) is 2. The van der Waals surface area contributed by atoms with Crippen molar-refractivity contribution in [1.29, 1.82) is 0 Å². The van der Waals surface area contributed by atoms with E-state index >= 15 is 0 Å². The largest absolute Gasteiger partial charge is 0.342 e. The summed E-state index contributed by atoms with van der Waals surface area (Å²) in [7, 11) is 0. The van der Waals surface area contributed by atoms with Crippen LogP contribution in [0.3, 0.4) is 0 Å². The van der Waals surface area contributed by atoms with Crippen LogP contribution < -0.4 is 5.32 Å². The van der Waals surface area contributed by atoms with Crippen LogP contribution in [-0.4, -0.2) is 59.7 Å². The van der Waals surface area contributed by atoms with Crippen molar-refractivity contribution in [3.8, 4) is 0 Å². The van der Waals surface area contributed by atoms with Gasteiger partial charge in [0.05, 0.1) is 19.0 Å². The third-order valence-electron chi connectivity index (χ3n) is 3.90. The first kappa shape index (κ1) is 15.0. The monoisotopic (exact) mass is 281 g/mol. The molecule has 6 heteroatoms. The van der Waals surface area contributed by atoms with Crippen LogP contribution in [0.2, 0.25) is 0 Å². The normalized spacial score (nSPS) is 23.6. The van der Waals surface area contributed by atoms with E-state index in [1.54, 1.807) is 0 Å². The zero-order valence-electron chi connectivity index (χ0n) is 12.1. The van der Waals surface area contributed by atoms with Crippen LogP contribution in [0.1, 0.15) is 39.0 Å². The van der Waals surface area contributed by atoms with Crippen molar-refractivity contribution in [3.05, 3.63) is 0 Å². The second-order valence-electron chi connectivity index (χ2n) is 5.46. The minimum Gasteiger partial charge on any atom is -0.342 e. The molecule has 20 heavy (non-hydrogen) atoms. The number of nitrogens with one attached hydrogen (secondary N) is 1. The summed E-state index contributed by atoms with van der Waals surface area (Å²) in [5.74, 6) is -0.304. The zero-order chi connectivity index (χ0) is 14.5. The van der Waals surface area contributed by atoms with Crippen LogP contribution in [0.4, 0.5) is 0 Å². The Kier molecular flexibility index (Phi) is 5.11. The second-order valence-corrected chi connectivity index (χ2v) is 5.46. The van der Waals surface area contributed by atoms with Crippen LogP contribution in [0.25, 0.3) is 0 Å². The first-order chi connectivity index (χ1) is 9.63. The fourth-order valence-corrected chi connectivity index (χ4v) is 2.77. The predicted molar refractivity (Wildman–Crippen MR) is 73.8 cm³/mol. The minimum absolute atomic E-state index is 0.0268. The highest BCUT2D eigenvalue weighted by Crippen LogP contribution is 2.14. The summed E-state index contributed by atoms with van der Waals surface area (Å²) in [5.41, 5.74) is 0. The van der Waals surface area contributed by atoms with E-state index in [1.165, 1.54) is 11.3 Å². The van der Waals surface area contributed by atoms with Crippen molar-refractivity contribution >= 4 is 17.7 Å². The Morgan fingerprint density at radius 1 is 1.25 bits per heavy atom. The molecule has 1 N–H and O–H groups in total. The highest BCUT2D eigenvalue weighted by Gasteiger charge is 2.37. The average Bonchev–Trinajstić information content (AvgIpc) is 2.73. The van der Waals surface area contributed by atoms with E-state index in [-0.39, 0.29) is 30.7 Å². The molecule has 2 aliphatic rings. The number of piperidine rings is 1. The number of rotatable bonds is 5. The molecule has 0 saturated carbocycles. The van der Waals surface area contributed by atoms with Crippen LogP contribution >= 0.6 is 0 Å². The molecule has 0 aromatic heterocycles. The summed E-state index contributed by atoms with van der Waals surface area (Å²) in [6, 6.07) is -0.525. The maximum atomic E-state index is 12.0. The Morgan fingerprint density at radius 3 is 2.60 bits per heavy atom. The van der Waals surface area contributed by atoms with Crippen LogP contribution in [0.5, 0.6) is 0 Å². The van der Waals surface area contributed by atoms with Gasteiger partial charge in [0, 0.05) is 19.6 Å². The smallest absolute Gasteiger partial charge is 0.246 e. The van der Waals surface area contributed by atoms with E-state index < -0.39 is 6.04 Å². The van der Waals surface area contributed by atoms with Gasteiger partial charge in [-0.25, -0.2) is 0 Å². The number of amides is 3. The predicted octanol–water partition coefficient (Wildman–Crippen LogP) is 0.126. The minimum atomic E-state index is -0.525. The van der Waals surface area contributed by atoms with Crippen LogP contribution in [-0.2, 0) is 14.4 Å². The lowest BCUT2D eigenvalue weighted by atomic mass is 10.1. The van der Waals surface area contributed by atoms with Gasteiger partial charge < -0.3 is 4.90 Å². The molecular weight excluding hydrogens is 258 g/mol. The average molecular weight is 281 g/mol. The van der Waals surface area contributed by atoms with Gasteiger partial charge in [-0.3, -0.25) is 24.6 Å². The van der Waals surface area contributed by atoms with Crippen molar-refractivity contribution in [2.45, 2.75) is 45.1 Å². The lowest BCUT2D eigenvalue weighted by molar-refractivity contribution is -0.138. The Morgan fingerprint density at radius 2 is 1.95 bits per heavy atom. The van der Waals surface area contributed by atoms with Gasteiger partial charge in [0.15, 0.2) is 0 Å². The maximum absolute atomic E-state index is 12.0. The molecule has 0 bridgehead atoms. The lowest BCUT2D eigenvalue weighted by Gasteiger charge is -2.27. The topological polar surface area (TPSA) is 69.7 Å². The molecule has 112 valence electrons. The summed E-state index contributed by atoms with van der Waals surface area (Å²) in [5, 5.41) is 2.94. The molecule has 1 unspecified atom stereocenters. The van der Waals surface area contributed by atoms with Crippen molar-refractivity contribution < 1.29 is 14.4 Å².